The summed E-state index contributed by atoms with van der Waals surface area (Å²) in [6.07, 6.45) is 0. The number of carbonyl (C=O) groups excluding carboxylic acids is 1. The highest BCUT2D eigenvalue weighted by atomic mass is 35.5. The summed E-state index contributed by atoms with van der Waals surface area (Å²) in [4.78, 5) is 13.1. The monoisotopic (exact) mass is 318 g/mol. The minimum absolute atomic E-state index is 0.136. The van der Waals surface area contributed by atoms with Gasteiger partial charge >= 0.3 is 0 Å². The SMILES string of the molecule is Cc1cc(Cl)cc(C(=O)NCc2cc(C#CCN)cs2)c1. The molecule has 0 aliphatic carbocycles. The maximum Gasteiger partial charge on any atom is 0.251 e. The zero-order chi connectivity index (χ0) is 15.2. The molecule has 0 unspecified atom stereocenters. The smallest absolute Gasteiger partial charge is 0.251 e. The van der Waals surface area contributed by atoms with Crippen molar-refractivity contribution in [3.05, 3.63) is 56.2 Å². The molecule has 3 nitrogen and oxygen atoms in total. The Bertz CT molecular complexity index is 692. The molecule has 1 aromatic carbocycles. The Kier molecular flexibility index (Phi) is 5.40. The van der Waals surface area contributed by atoms with Crippen LogP contribution in [-0.4, -0.2) is 12.5 Å². The number of hydrogen-bond donors (Lipinski definition) is 2. The van der Waals surface area contributed by atoms with Gasteiger partial charge < -0.3 is 11.1 Å². The second kappa shape index (κ2) is 7.28. The Morgan fingerprint density at radius 3 is 2.90 bits per heavy atom. The standard InChI is InChI=1S/C16H15ClN2OS/c1-11-5-13(8-14(17)6-11)16(20)19-9-15-7-12(10-21-15)3-2-4-18/h5-8,10H,4,9,18H2,1H3,(H,19,20). The summed E-state index contributed by atoms with van der Waals surface area (Å²) in [6, 6.07) is 7.25. The molecular formula is C16H15ClN2OS. The van der Waals surface area contributed by atoms with E-state index in [1.54, 1.807) is 17.4 Å². The van der Waals surface area contributed by atoms with E-state index >= 15 is 0 Å². The van der Waals surface area contributed by atoms with Crippen molar-refractivity contribution in [1.29, 1.82) is 0 Å². The third-order valence-electron chi connectivity index (χ3n) is 2.72. The van der Waals surface area contributed by atoms with E-state index in [4.69, 9.17) is 17.3 Å². The topological polar surface area (TPSA) is 55.1 Å². The van der Waals surface area contributed by atoms with Crippen molar-refractivity contribution in [2.45, 2.75) is 13.5 Å². The third-order valence-corrected chi connectivity index (χ3v) is 3.87. The lowest BCUT2D eigenvalue weighted by Gasteiger charge is -2.05. The zero-order valence-electron chi connectivity index (χ0n) is 11.6. The number of benzene rings is 1. The first-order chi connectivity index (χ1) is 10.1. The summed E-state index contributed by atoms with van der Waals surface area (Å²) in [7, 11) is 0. The largest absolute Gasteiger partial charge is 0.347 e. The van der Waals surface area contributed by atoms with E-state index in [1.165, 1.54) is 0 Å². The van der Waals surface area contributed by atoms with Crippen LogP contribution in [0, 0.1) is 18.8 Å². The van der Waals surface area contributed by atoms with Gasteiger partial charge in [-0.05, 0) is 36.8 Å². The average Bonchev–Trinajstić information content (AvgIpc) is 2.89. The van der Waals surface area contributed by atoms with Crippen molar-refractivity contribution in [2.24, 2.45) is 5.73 Å². The van der Waals surface area contributed by atoms with Crippen LogP contribution in [0.25, 0.3) is 0 Å². The predicted molar refractivity (Wildman–Crippen MR) is 87.6 cm³/mol. The summed E-state index contributed by atoms with van der Waals surface area (Å²) < 4.78 is 0. The average molecular weight is 319 g/mol. The summed E-state index contributed by atoms with van der Waals surface area (Å²) in [5.74, 6) is 5.63. The van der Waals surface area contributed by atoms with E-state index in [9.17, 15) is 4.79 Å². The molecule has 0 atom stereocenters. The van der Waals surface area contributed by atoms with Gasteiger partial charge in [-0.1, -0.05) is 23.4 Å². The Morgan fingerprint density at radius 2 is 2.19 bits per heavy atom. The van der Waals surface area contributed by atoms with Gasteiger partial charge in [0.05, 0.1) is 13.1 Å². The molecule has 108 valence electrons. The number of thiophene rings is 1. The Labute approximate surface area is 133 Å². The molecule has 0 aliphatic heterocycles. The molecular weight excluding hydrogens is 304 g/mol. The first-order valence-electron chi connectivity index (χ1n) is 6.40. The van der Waals surface area contributed by atoms with E-state index in [2.05, 4.69) is 17.2 Å². The van der Waals surface area contributed by atoms with Gasteiger partial charge in [0.2, 0.25) is 0 Å². The van der Waals surface area contributed by atoms with Gasteiger partial charge in [0, 0.05) is 26.4 Å². The molecule has 1 aromatic heterocycles. The van der Waals surface area contributed by atoms with E-state index < -0.39 is 0 Å². The van der Waals surface area contributed by atoms with Crippen LogP contribution in [0.5, 0.6) is 0 Å². The molecule has 0 fully saturated rings. The molecule has 3 N–H and O–H groups in total. The molecule has 0 aliphatic rings. The number of carbonyl (C=O) groups is 1. The predicted octanol–water partition coefficient (Wildman–Crippen LogP) is 2.95. The fourth-order valence-electron chi connectivity index (χ4n) is 1.83. The highest BCUT2D eigenvalue weighted by Gasteiger charge is 2.07. The van der Waals surface area contributed by atoms with Gasteiger partial charge in [-0.25, -0.2) is 0 Å². The van der Waals surface area contributed by atoms with Crippen LogP contribution >= 0.6 is 22.9 Å². The van der Waals surface area contributed by atoms with Gasteiger partial charge in [-0.15, -0.1) is 11.3 Å². The maximum absolute atomic E-state index is 12.1. The lowest BCUT2D eigenvalue weighted by Crippen LogP contribution is -2.22. The molecule has 2 aromatic rings. The van der Waals surface area contributed by atoms with Crippen LogP contribution in [0.2, 0.25) is 5.02 Å². The van der Waals surface area contributed by atoms with Gasteiger partial charge in [0.15, 0.2) is 0 Å². The van der Waals surface area contributed by atoms with Crippen molar-refractivity contribution >= 4 is 28.8 Å². The number of aryl methyl sites for hydroxylation is 1. The summed E-state index contributed by atoms with van der Waals surface area (Å²) in [5.41, 5.74) is 7.79. The molecule has 1 amide bonds. The number of nitrogens with two attached hydrogens (primary N) is 1. The molecule has 5 heteroatoms. The molecule has 21 heavy (non-hydrogen) atoms. The van der Waals surface area contributed by atoms with Crippen molar-refractivity contribution < 1.29 is 4.79 Å². The fraction of sp³-hybridized carbons (Fsp3) is 0.188. The Hall–Kier alpha value is -1.80. The highest BCUT2D eigenvalue weighted by molar-refractivity contribution is 7.10. The van der Waals surface area contributed by atoms with Crippen LogP contribution in [-0.2, 0) is 6.54 Å². The van der Waals surface area contributed by atoms with Gasteiger partial charge in [0.25, 0.3) is 5.91 Å². The maximum atomic E-state index is 12.1. The lowest BCUT2D eigenvalue weighted by molar-refractivity contribution is 0.0951. The van der Waals surface area contributed by atoms with Crippen LogP contribution < -0.4 is 11.1 Å². The Morgan fingerprint density at radius 1 is 1.38 bits per heavy atom. The Balaban J connectivity index is 1.99. The number of rotatable bonds is 3. The van der Waals surface area contributed by atoms with E-state index in [0.717, 1.165) is 16.0 Å². The number of hydrogen-bond acceptors (Lipinski definition) is 3. The number of halogens is 1. The molecule has 0 saturated carbocycles. The lowest BCUT2D eigenvalue weighted by atomic mass is 10.1. The summed E-state index contributed by atoms with van der Waals surface area (Å²) in [6.45, 7) is 2.72. The fourth-order valence-corrected chi connectivity index (χ4v) is 2.87. The first kappa shape index (κ1) is 15.6. The van der Waals surface area contributed by atoms with Crippen molar-refractivity contribution in [3.63, 3.8) is 0 Å². The van der Waals surface area contributed by atoms with Gasteiger partial charge in [0.1, 0.15) is 0 Å². The van der Waals surface area contributed by atoms with Crippen LogP contribution in [0.1, 0.15) is 26.4 Å². The number of nitrogens with one attached hydrogen (secondary N) is 1. The minimum Gasteiger partial charge on any atom is -0.347 e. The molecule has 1 heterocycles. The van der Waals surface area contributed by atoms with E-state index in [0.29, 0.717) is 23.7 Å². The van der Waals surface area contributed by atoms with E-state index in [1.807, 2.05) is 30.5 Å². The zero-order valence-corrected chi connectivity index (χ0v) is 13.1. The molecule has 0 saturated heterocycles. The first-order valence-corrected chi connectivity index (χ1v) is 7.66. The normalized spacial score (nSPS) is 9.86. The van der Waals surface area contributed by atoms with Crippen molar-refractivity contribution in [3.8, 4) is 11.8 Å². The molecule has 2 rings (SSSR count). The summed E-state index contributed by atoms with van der Waals surface area (Å²) >= 11 is 7.52. The van der Waals surface area contributed by atoms with Crippen molar-refractivity contribution in [1.82, 2.24) is 5.32 Å². The third kappa shape index (κ3) is 4.61. The second-order valence-corrected chi connectivity index (χ2v) is 5.94. The minimum atomic E-state index is -0.136. The molecule has 0 radical (unpaired) electrons. The highest BCUT2D eigenvalue weighted by Crippen LogP contribution is 2.16. The van der Waals surface area contributed by atoms with Gasteiger partial charge in [-0.3, -0.25) is 4.79 Å². The van der Waals surface area contributed by atoms with Crippen LogP contribution in [0.4, 0.5) is 0 Å². The van der Waals surface area contributed by atoms with Crippen LogP contribution in [0.3, 0.4) is 0 Å². The summed E-state index contributed by atoms with van der Waals surface area (Å²) in [5, 5.41) is 5.40. The van der Waals surface area contributed by atoms with Gasteiger partial charge in [-0.2, -0.15) is 0 Å². The van der Waals surface area contributed by atoms with Crippen molar-refractivity contribution in [2.75, 3.05) is 6.54 Å². The molecule has 0 bridgehead atoms. The number of amides is 1. The second-order valence-electron chi connectivity index (χ2n) is 4.51. The quantitative estimate of drug-likeness (QED) is 0.855. The molecule has 0 spiro atoms. The van der Waals surface area contributed by atoms with E-state index in [-0.39, 0.29) is 5.91 Å². The van der Waals surface area contributed by atoms with Crippen LogP contribution in [0.15, 0.2) is 29.6 Å².